The van der Waals surface area contributed by atoms with Crippen molar-refractivity contribution >= 4 is 34.6 Å². The minimum atomic E-state index is -0.481. The van der Waals surface area contributed by atoms with Crippen LogP contribution in [0.5, 0.6) is 0 Å². The zero-order chi connectivity index (χ0) is 14.7. The molecule has 0 radical (unpaired) electrons. The van der Waals surface area contributed by atoms with E-state index in [-0.39, 0.29) is 11.7 Å². The lowest BCUT2D eigenvalue weighted by Crippen LogP contribution is -2.09. The van der Waals surface area contributed by atoms with E-state index >= 15 is 0 Å². The second-order valence-electron chi connectivity index (χ2n) is 4.18. The van der Waals surface area contributed by atoms with Crippen molar-refractivity contribution in [3.8, 4) is 0 Å². The highest BCUT2D eigenvalue weighted by molar-refractivity contribution is 6.35. The van der Waals surface area contributed by atoms with E-state index in [9.17, 15) is 10.1 Å². The molecule has 0 aliphatic rings. The molecule has 0 saturated heterocycles. The van der Waals surface area contributed by atoms with Crippen LogP contribution >= 0.6 is 23.2 Å². The first-order valence-corrected chi connectivity index (χ1v) is 6.54. The molecule has 0 bridgehead atoms. The van der Waals surface area contributed by atoms with Crippen LogP contribution in [0.1, 0.15) is 18.5 Å². The fourth-order valence-corrected chi connectivity index (χ4v) is 2.39. The Bertz CT molecular complexity index is 649. The van der Waals surface area contributed by atoms with Gasteiger partial charge in [-0.15, -0.1) is 0 Å². The van der Waals surface area contributed by atoms with Gasteiger partial charge in [-0.2, -0.15) is 0 Å². The molecule has 0 spiro atoms. The number of nitro groups is 1. The average Bonchev–Trinajstić information content (AvgIpc) is 2.38. The van der Waals surface area contributed by atoms with Crippen LogP contribution in [0.15, 0.2) is 36.7 Å². The number of hydrogen-bond donors (Lipinski definition) is 1. The Kier molecular flexibility index (Phi) is 4.42. The standard InChI is InChI=1S/C13H11Cl2N3O2/c1-8(10-3-2-9(14)6-11(10)15)17-12-4-5-16-7-13(12)18(19)20/h2-8H,1H3,(H,16,17). The summed E-state index contributed by atoms with van der Waals surface area (Å²) in [5.74, 6) is 0. The van der Waals surface area contributed by atoms with Gasteiger partial charge in [-0.3, -0.25) is 15.1 Å². The Morgan fingerprint density at radius 1 is 1.35 bits per heavy atom. The first kappa shape index (κ1) is 14.6. The van der Waals surface area contributed by atoms with E-state index in [1.54, 1.807) is 24.3 Å². The van der Waals surface area contributed by atoms with Gasteiger partial charge in [0.05, 0.1) is 11.0 Å². The Hall–Kier alpha value is -1.85. The molecule has 2 rings (SSSR count). The number of nitrogens with zero attached hydrogens (tertiary/aromatic N) is 2. The van der Waals surface area contributed by atoms with Gasteiger partial charge in [0.15, 0.2) is 0 Å². The summed E-state index contributed by atoms with van der Waals surface area (Å²) in [5, 5.41) is 15.0. The summed E-state index contributed by atoms with van der Waals surface area (Å²) in [6.07, 6.45) is 2.70. The summed E-state index contributed by atoms with van der Waals surface area (Å²) in [5.41, 5.74) is 1.12. The van der Waals surface area contributed by atoms with Gasteiger partial charge in [-0.05, 0) is 30.7 Å². The fraction of sp³-hybridized carbons (Fsp3) is 0.154. The average molecular weight is 312 g/mol. The van der Waals surface area contributed by atoms with Crippen molar-refractivity contribution < 1.29 is 4.92 Å². The molecule has 2 aromatic rings. The van der Waals surface area contributed by atoms with E-state index in [2.05, 4.69) is 10.3 Å². The highest BCUT2D eigenvalue weighted by atomic mass is 35.5. The van der Waals surface area contributed by atoms with Gasteiger partial charge in [0, 0.05) is 16.2 Å². The number of nitrogens with one attached hydrogen (secondary N) is 1. The molecule has 1 aromatic carbocycles. The third kappa shape index (κ3) is 3.18. The van der Waals surface area contributed by atoms with E-state index in [0.29, 0.717) is 15.7 Å². The molecule has 0 saturated carbocycles. The normalized spacial score (nSPS) is 11.9. The summed E-state index contributed by atoms with van der Waals surface area (Å²) < 4.78 is 0. The predicted molar refractivity (Wildman–Crippen MR) is 79.4 cm³/mol. The predicted octanol–water partition coefficient (Wildman–Crippen LogP) is 4.47. The summed E-state index contributed by atoms with van der Waals surface area (Å²) in [7, 11) is 0. The SMILES string of the molecule is CC(Nc1ccncc1[N+](=O)[O-])c1ccc(Cl)cc1Cl. The van der Waals surface area contributed by atoms with Crippen molar-refractivity contribution in [1.82, 2.24) is 4.98 Å². The molecular formula is C13H11Cl2N3O2. The fourth-order valence-electron chi connectivity index (χ4n) is 1.82. The number of aromatic nitrogens is 1. The topological polar surface area (TPSA) is 68.1 Å². The Morgan fingerprint density at radius 3 is 2.75 bits per heavy atom. The Labute approximate surface area is 125 Å². The maximum absolute atomic E-state index is 10.9. The quantitative estimate of drug-likeness (QED) is 0.668. The number of rotatable bonds is 4. The zero-order valence-corrected chi connectivity index (χ0v) is 12.0. The monoisotopic (exact) mass is 311 g/mol. The van der Waals surface area contributed by atoms with E-state index in [4.69, 9.17) is 23.2 Å². The van der Waals surface area contributed by atoms with Crippen LogP contribution in [0.25, 0.3) is 0 Å². The lowest BCUT2D eigenvalue weighted by molar-refractivity contribution is -0.384. The molecule has 20 heavy (non-hydrogen) atoms. The smallest absolute Gasteiger partial charge is 0.310 e. The maximum Gasteiger partial charge on any atom is 0.310 e. The molecule has 7 heteroatoms. The van der Waals surface area contributed by atoms with Gasteiger partial charge in [0.25, 0.3) is 0 Å². The lowest BCUT2D eigenvalue weighted by atomic mass is 10.1. The maximum atomic E-state index is 10.9. The molecule has 1 N–H and O–H groups in total. The van der Waals surface area contributed by atoms with Crippen molar-refractivity contribution in [2.24, 2.45) is 0 Å². The minimum absolute atomic E-state index is 0.0792. The number of anilines is 1. The van der Waals surface area contributed by atoms with Crippen molar-refractivity contribution in [3.63, 3.8) is 0 Å². The van der Waals surface area contributed by atoms with Crippen LogP contribution in [-0.4, -0.2) is 9.91 Å². The zero-order valence-electron chi connectivity index (χ0n) is 10.5. The van der Waals surface area contributed by atoms with Gasteiger partial charge in [-0.1, -0.05) is 29.3 Å². The second-order valence-corrected chi connectivity index (χ2v) is 5.03. The Balaban J connectivity index is 2.28. The van der Waals surface area contributed by atoms with Crippen molar-refractivity contribution in [3.05, 3.63) is 62.4 Å². The molecule has 0 fully saturated rings. The number of pyridine rings is 1. The highest BCUT2D eigenvalue weighted by Crippen LogP contribution is 2.31. The van der Waals surface area contributed by atoms with Gasteiger partial charge < -0.3 is 5.32 Å². The minimum Gasteiger partial charge on any atom is -0.373 e. The van der Waals surface area contributed by atoms with Crippen molar-refractivity contribution in [1.29, 1.82) is 0 Å². The molecule has 1 atom stereocenters. The number of halogens is 2. The van der Waals surface area contributed by atoms with Crippen LogP contribution in [0, 0.1) is 10.1 Å². The van der Waals surface area contributed by atoms with Crippen LogP contribution in [-0.2, 0) is 0 Å². The number of hydrogen-bond acceptors (Lipinski definition) is 4. The molecule has 0 amide bonds. The van der Waals surface area contributed by atoms with Crippen LogP contribution in [0.4, 0.5) is 11.4 Å². The first-order chi connectivity index (χ1) is 9.49. The number of benzene rings is 1. The van der Waals surface area contributed by atoms with E-state index in [1.807, 2.05) is 6.92 Å². The Morgan fingerprint density at radius 2 is 2.10 bits per heavy atom. The summed E-state index contributed by atoms with van der Waals surface area (Å²) in [6.45, 7) is 1.86. The first-order valence-electron chi connectivity index (χ1n) is 5.79. The lowest BCUT2D eigenvalue weighted by Gasteiger charge is -2.17. The largest absolute Gasteiger partial charge is 0.373 e. The summed E-state index contributed by atoms with van der Waals surface area (Å²) in [4.78, 5) is 14.2. The van der Waals surface area contributed by atoms with Crippen LogP contribution in [0.3, 0.4) is 0 Å². The molecule has 0 aliphatic carbocycles. The summed E-state index contributed by atoms with van der Waals surface area (Å²) in [6, 6.07) is 6.49. The third-order valence-electron chi connectivity index (χ3n) is 2.80. The molecule has 104 valence electrons. The second kappa shape index (κ2) is 6.07. The highest BCUT2D eigenvalue weighted by Gasteiger charge is 2.17. The molecular weight excluding hydrogens is 301 g/mol. The third-order valence-corrected chi connectivity index (χ3v) is 3.36. The molecule has 1 aromatic heterocycles. The van der Waals surface area contributed by atoms with E-state index in [0.717, 1.165) is 5.56 Å². The van der Waals surface area contributed by atoms with Gasteiger partial charge in [0.2, 0.25) is 0 Å². The van der Waals surface area contributed by atoms with Gasteiger partial charge in [0.1, 0.15) is 11.9 Å². The van der Waals surface area contributed by atoms with Crippen molar-refractivity contribution in [2.75, 3.05) is 5.32 Å². The van der Waals surface area contributed by atoms with Gasteiger partial charge in [-0.25, -0.2) is 0 Å². The van der Waals surface area contributed by atoms with E-state index < -0.39 is 4.92 Å². The summed E-state index contributed by atoms with van der Waals surface area (Å²) >= 11 is 12.0. The molecule has 1 unspecified atom stereocenters. The molecule has 0 aliphatic heterocycles. The van der Waals surface area contributed by atoms with Crippen LogP contribution < -0.4 is 5.32 Å². The van der Waals surface area contributed by atoms with E-state index in [1.165, 1.54) is 12.4 Å². The van der Waals surface area contributed by atoms with Crippen molar-refractivity contribution in [2.45, 2.75) is 13.0 Å². The molecule has 1 heterocycles. The molecule has 5 nitrogen and oxygen atoms in total. The van der Waals surface area contributed by atoms with Crippen LogP contribution in [0.2, 0.25) is 10.0 Å². The van der Waals surface area contributed by atoms with Gasteiger partial charge >= 0.3 is 5.69 Å².